The molecule has 0 fully saturated rings. The van der Waals surface area contributed by atoms with Crippen molar-refractivity contribution < 1.29 is 9.13 Å². The first kappa shape index (κ1) is 22.8. The molecule has 4 nitrogen and oxygen atoms in total. The fraction of sp³-hybridized carbons (Fsp3) is 0. The number of anilines is 4. The van der Waals surface area contributed by atoms with Crippen molar-refractivity contribution >= 4 is 81.1 Å². The Labute approximate surface area is 221 Å². The largest absolute Gasteiger partial charge is 0.419 e. The topological polar surface area (TPSA) is 58.2 Å². The maximum atomic E-state index is 14.4. The molecule has 2 unspecified atom stereocenters. The normalized spacial score (nSPS) is 14.6. The summed E-state index contributed by atoms with van der Waals surface area (Å²) in [6.07, 6.45) is 0. The van der Waals surface area contributed by atoms with Crippen LogP contribution in [0.25, 0.3) is 21.5 Å². The van der Waals surface area contributed by atoms with Gasteiger partial charge in [-0.2, -0.15) is 0 Å². The van der Waals surface area contributed by atoms with Crippen molar-refractivity contribution in [1.29, 1.82) is 0 Å². The third-order valence-corrected chi connectivity index (χ3v) is 10.3. The Bertz CT molecular complexity index is 1930. The predicted molar refractivity (Wildman–Crippen MR) is 161 cm³/mol. The molecule has 1 aliphatic heterocycles. The minimum Gasteiger partial charge on any atom is -0.348 e. The maximum absolute atomic E-state index is 14.4. The Morgan fingerprint density at radius 2 is 0.974 bits per heavy atom. The Hall–Kier alpha value is -4.36. The van der Waals surface area contributed by atoms with Crippen LogP contribution in [0.15, 0.2) is 121 Å². The fourth-order valence-electron chi connectivity index (χ4n) is 5.11. The monoisotopic (exact) mass is 528 g/mol. The molecule has 1 heterocycles. The minimum atomic E-state index is -1.97. The zero-order valence-corrected chi connectivity index (χ0v) is 22.0. The van der Waals surface area contributed by atoms with E-state index in [9.17, 15) is 9.13 Å². The zero-order valence-electron chi connectivity index (χ0n) is 20.3. The molecule has 0 radical (unpaired) electrons. The second kappa shape index (κ2) is 9.19. The molecule has 2 atom stereocenters. The fourth-order valence-corrected chi connectivity index (χ4v) is 7.95. The third-order valence-electron chi connectivity index (χ3n) is 6.98. The first-order chi connectivity index (χ1) is 18.7. The predicted octanol–water partition coefficient (Wildman–Crippen LogP) is 7.35. The van der Waals surface area contributed by atoms with Crippen molar-refractivity contribution in [3.8, 4) is 0 Å². The smallest absolute Gasteiger partial charge is 0.348 e. The Morgan fingerprint density at radius 1 is 0.421 bits per heavy atom. The van der Waals surface area contributed by atoms with Gasteiger partial charge in [0.05, 0.1) is 17.1 Å². The molecule has 0 aromatic heterocycles. The summed E-state index contributed by atoms with van der Waals surface area (Å²) in [6, 6.07) is 39.5. The summed E-state index contributed by atoms with van der Waals surface area (Å²) < 4.78 is 28.6. The van der Waals surface area contributed by atoms with Gasteiger partial charge in [-0.1, -0.05) is 81.9 Å². The van der Waals surface area contributed by atoms with Gasteiger partial charge in [-0.05, 0) is 58.6 Å². The summed E-state index contributed by atoms with van der Waals surface area (Å²) in [5, 5.41) is 14.0. The molecule has 0 saturated carbocycles. The molecule has 180 valence electrons. The number of para-hydroxylation sites is 2. The van der Waals surface area contributed by atoms with E-state index >= 15 is 0 Å². The van der Waals surface area contributed by atoms with Crippen molar-refractivity contribution in [3.05, 3.63) is 121 Å². The molecule has 6 aromatic rings. The van der Waals surface area contributed by atoms with Crippen LogP contribution in [0.4, 0.5) is 22.7 Å². The molecule has 38 heavy (non-hydrogen) atoms. The summed E-state index contributed by atoms with van der Waals surface area (Å²) in [5.74, 6) is 0. The summed E-state index contributed by atoms with van der Waals surface area (Å²) >= 11 is 0. The lowest BCUT2D eigenvalue weighted by Gasteiger charge is -2.14. The van der Waals surface area contributed by atoms with Crippen molar-refractivity contribution in [1.82, 2.24) is 0 Å². The summed E-state index contributed by atoms with van der Waals surface area (Å²) in [5.41, 5.74) is 2.99. The van der Waals surface area contributed by atoms with E-state index in [4.69, 9.17) is 0 Å². The number of hydrogen-bond donors (Lipinski definition) is 2. The van der Waals surface area contributed by atoms with E-state index in [2.05, 4.69) is 10.6 Å². The van der Waals surface area contributed by atoms with Gasteiger partial charge in [0.15, 0.2) is 0 Å². The highest BCUT2D eigenvalue weighted by Crippen LogP contribution is 2.38. The van der Waals surface area contributed by atoms with Crippen LogP contribution in [-0.4, -0.2) is 0 Å². The van der Waals surface area contributed by atoms with E-state index in [1.54, 1.807) is 0 Å². The molecule has 0 amide bonds. The van der Waals surface area contributed by atoms with Gasteiger partial charge in [0.1, 0.15) is 5.69 Å². The Kier molecular flexibility index (Phi) is 5.51. The van der Waals surface area contributed by atoms with Crippen LogP contribution in [-0.2, 0) is 9.13 Å². The van der Waals surface area contributed by atoms with Crippen molar-refractivity contribution in [2.75, 3.05) is 10.6 Å². The maximum Gasteiger partial charge on any atom is 0.419 e. The molecule has 6 aromatic carbocycles. The lowest BCUT2D eigenvalue weighted by Crippen LogP contribution is -2.20. The molecule has 7 rings (SSSR count). The third kappa shape index (κ3) is 3.78. The molecular weight excluding hydrogens is 506 g/mol. The van der Waals surface area contributed by atoms with Gasteiger partial charge in [0.25, 0.3) is 0 Å². The van der Waals surface area contributed by atoms with Crippen molar-refractivity contribution in [3.63, 3.8) is 0 Å². The first-order valence-corrected chi connectivity index (χ1v) is 14.9. The van der Waals surface area contributed by atoms with Gasteiger partial charge in [-0.15, -0.1) is 0 Å². The van der Waals surface area contributed by atoms with E-state index in [-0.39, 0.29) is 0 Å². The minimum absolute atomic E-state index is 0.698. The van der Waals surface area contributed by atoms with E-state index in [1.807, 2.05) is 121 Å². The van der Waals surface area contributed by atoms with Crippen molar-refractivity contribution in [2.24, 2.45) is 0 Å². The molecule has 2 N–H and O–H groups in total. The Balaban J connectivity index is 1.55. The molecule has 1 aliphatic rings. The van der Waals surface area contributed by atoms with Gasteiger partial charge >= 0.3 is 15.6 Å². The molecule has 0 spiro atoms. The van der Waals surface area contributed by atoms with Gasteiger partial charge < -0.3 is 10.6 Å². The second-order valence-electron chi connectivity index (χ2n) is 9.27. The van der Waals surface area contributed by atoms with Crippen LogP contribution in [0.1, 0.15) is 0 Å². The van der Waals surface area contributed by atoms with E-state index in [0.29, 0.717) is 21.2 Å². The summed E-state index contributed by atoms with van der Waals surface area (Å²) in [4.78, 5) is 0. The van der Waals surface area contributed by atoms with E-state index < -0.39 is 15.6 Å². The molecule has 0 bridgehead atoms. The lowest BCUT2D eigenvalue weighted by atomic mass is 10.1. The van der Waals surface area contributed by atoms with E-state index in [1.165, 1.54) is 0 Å². The lowest BCUT2D eigenvalue weighted by molar-refractivity contribution is 0.597. The van der Waals surface area contributed by atoms with Crippen LogP contribution in [0.3, 0.4) is 0 Å². The number of fused-ring (bicyclic) bond motifs is 7. The average Bonchev–Trinajstić information content (AvgIpc) is 2.96. The second-order valence-corrected chi connectivity index (χ2v) is 12.4. The summed E-state index contributed by atoms with van der Waals surface area (Å²) in [6.45, 7) is 0. The SMILES string of the molecule is O=[P+]1c2cc3ccccc3cc2Nc2ccccc2[P+](=O)c2ccc3ccccc3c2Nc2ccccc21. The van der Waals surface area contributed by atoms with Crippen molar-refractivity contribution in [2.45, 2.75) is 0 Å². The number of hydrogen-bond acceptors (Lipinski definition) is 4. The van der Waals surface area contributed by atoms with Gasteiger partial charge in [-0.3, -0.25) is 0 Å². The standard InChI is InChI=1S/C32H22N2O2P2/c35-37-28-15-7-5-13-25(28)33-27-19-22-10-1-2-11-23(22)20-31(27)38(36)29-16-8-6-14-26(29)34-32-24-12-4-3-9-21(24)17-18-30(32)37/h1-20,33-34H/q+2. The number of nitrogens with one attached hydrogen (secondary N) is 2. The molecule has 0 aliphatic carbocycles. The highest BCUT2D eigenvalue weighted by atomic mass is 31.1. The van der Waals surface area contributed by atoms with Gasteiger partial charge in [-0.25, -0.2) is 0 Å². The van der Waals surface area contributed by atoms with Crippen LogP contribution in [0.2, 0.25) is 0 Å². The number of rotatable bonds is 0. The molecule has 0 saturated heterocycles. The van der Waals surface area contributed by atoms with Crippen LogP contribution in [0.5, 0.6) is 0 Å². The van der Waals surface area contributed by atoms with Crippen LogP contribution < -0.4 is 31.9 Å². The van der Waals surface area contributed by atoms with Crippen LogP contribution >= 0.6 is 15.6 Å². The van der Waals surface area contributed by atoms with Gasteiger partial charge in [0.2, 0.25) is 21.2 Å². The molecular formula is C32H22N2O2P2+2. The average molecular weight is 528 g/mol. The zero-order chi connectivity index (χ0) is 25.6. The first-order valence-electron chi connectivity index (χ1n) is 12.4. The van der Waals surface area contributed by atoms with Crippen LogP contribution in [0, 0.1) is 0 Å². The molecule has 6 heteroatoms. The van der Waals surface area contributed by atoms with E-state index in [0.717, 1.165) is 44.3 Å². The quantitative estimate of drug-likeness (QED) is 0.202. The number of benzene rings is 6. The highest BCUT2D eigenvalue weighted by Gasteiger charge is 2.36. The Morgan fingerprint density at radius 3 is 1.71 bits per heavy atom. The van der Waals surface area contributed by atoms with Gasteiger partial charge in [0, 0.05) is 11.5 Å². The highest BCUT2D eigenvalue weighted by molar-refractivity contribution is 7.62. The summed E-state index contributed by atoms with van der Waals surface area (Å²) in [7, 11) is -3.93.